The monoisotopic (exact) mass is 410 g/mol. The highest BCUT2D eigenvalue weighted by Crippen LogP contribution is 2.40. The lowest BCUT2D eigenvalue weighted by atomic mass is 9.89. The summed E-state index contributed by atoms with van der Waals surface area (Å²) >= 11 is 1.44. The van der Waals surface area contributed by atoms with E-state index in [0.29, 0.717) is 12.1 Å². The van der Waals surface area contributed by atoms with Crippen LogP contribution >= 0.6 is 11.8 Å². The van der Waals surface area contributed by atoms with Gasteiger partial charge in [-0.05, 0) is 42.6 Å². The van der Waals surface area contributed by atoms with Crippen molar-refractivity contribution in [3.05, 3.63) is 71.8 Å². The summed E-state index contributed by atoms with van der Waals surface area (Å²) in [5, 5.41) is 2.75. The molecule has 1 heterocycles. The van der Waals surface area contributed by atoms with Crippen LogP contribution in [-0.2, 0) is 4.79 Å². The molecule has 2 aromatic carbocycles. The van der Waals surface area contributed by atoms with E-state index in [9.17, 15) is 4.79 Å². The summed E-state index contributed by atoms with van der Waals surface area (Å²) in [6.07, 6.45) is 4.39. The van der Waals surface area contributed by atoms with Crippen LogP contribution in [0.15, 0.2) is 60.7 Å². The molecule has 1 N–H and O–H groups in total. The molecule has 156 valence electrons. The van der Waals surface area contributed by atoms with Gasteiger partial charge < -0.3 is 0 Å². The Bertz CT molecular complexity index is 704. The molecule has 1 unspecified atom stereocenters. The first-order valence-corrected chi connectivity index (χ1v) is 11.9. The Morgan fingerprint density at radius 1 is 1.00 bits per heavy atom. The molecule has 29 heavy (non-hydrogen) atoms. The first kappa shape index (κ1) is 22.1. The number of nitrogens with one attached hydrogen (secondary N) is 1. The van der Waals surface area contributed by atoms with Gasteiger partial charge in [-0.25, -0.2) is 5.01 Å². The van der Waals surface area contributed by atoms with Crippen molar-refractivity contribution >= 4 is 16.9 Å². The van der Waals surface area contributed by atoms with Gasteiger partial charge in [-0.15, -0.1) is 0 Å². The van der Waals surface area contributed by atoms with Gasteiger partial charge in [-0.2, -0.15) is 0 Å². The standard InChI is InChI=1S/C25H34N2OS/c1-4-22(19(3)25(28)29-5-2)26-27-23(20-13-8-6-9-14-20)17-12-18-24(27)21-15-10-7-11-16-21/h6-11,13-16,19,22-24,26H,4-5,12,17-18H2,1-3H3/t19?,22-,23-,24-/m0/s1. The fourth-order valence-corrected chi connectivity index (χ4v) is 5.08. The van der Waals surface area contributed by atoms with Gasteiger partial charge >= 0.3 is 0 Å². The molecule has 1 aliphatic rings. The van der Waals surface area contributed by atoms with Crippen molar-refractivity contribution < 1.29 is 4.79 Å². The average molecular weight is 411 g/mol. The van der Waals surface area contributed by atoms with Gasteiger partial charge in [0.15, 0.2) is 5.12 Å². The second-order valence-corrected chi connectivity index (χ2v) is 9.14. The molecule has 0 bridgehead atoms. The minimum Gasteiger partial charge on any atom is -0.287 e. The van der Waals surface area contributed by atoms with Crippen molar-refractivity contribution in [3.8, 4) is 0 Å². The smallest absolute Gasteiger partial charge is 0.193 e. The van der Waals surface area contributed by atoms with Crippen molar-refractivity contribution in [2.45, 2.75) is 64.6 Å². The van der Waals surface area contributed by atoms with E-state index in [-0.39, 0.29) is 17.1 Å². The van der Waals surface area contributed by atoms with E-state index in [1.165, 1.54) is 29.3 Å². The SMILES string of the molecule is CCSC(=O)C(C)[C@H](CC)NN1[C@H](c2ccccc2)CCC[C@H]1c1ccccc1. The molecule has 0 aliphatic carbocycles. The van der Waals surface area contributed by atoms with Crippen LogP contribution in [-0.4, -0.2) is 21.9 Å². The van der Waals surface area contributed by atoms with E-state index in [1.54, 1.807) is 0 Å². The summed E-state index contributed by atoms with van der Waals surface area (Å²) in [6.45, 7) is 6.30. The maximum Gasteiger partial charge on any atom is 0.193 e. The summed E-state index contributed by atoms with van der Waals surface area (Å²) in [6, 6.07) is 22.3. The topological polar surface area (TPSA) is 32.3 Å². The number of hydrogen-bond donors (Lipinski definition) is 1. The van der Waals surface area contributed by atoms with Crippen LogP contribution < -0.4 is 5.43 Å². The molecule has 4 heteroatoms. The van der Waals surface area contributed by atoms with E-state index in [0.717, 1.165) is 25.0 Å². The molecule has 3 rings (SSSR count). The predicted molar refractivity (Wildman–Crippen MR) is 124 cm³/mol. The fourth-order valence-electron chi connectivity index (χ4n) is 4.37. The maximum absolute atomic E-state index is 12.6. The van der Waals surface area contributed by atoms with Crippen molar-refractivity contribution in [2.24, 2.45) is 5.92 Å². The second kappa shape index (κ2) is 11.0. The minimum atomic E-state index is -0.0141. The number of hydrogen-bond acceptors (Lipinski definition) is 4. The maximum atomic E-state index is 12.6. The van der Waals surface area contributed by atoms with Crippen molar-refractivity contribution in [1.82, 2.24) is 10.4 Å². The molecule has 0 aromatic heterocycles. The summed E-state index contributed by atoms with van der Waals surface area (Å²) in [5.41, 5.74) is 6.53. The molecule has 1 saturated heterocycles. The Hall–Kier alpha value is -1.62. The van der Waals surface area contributed by atoms with Crippen LogP contribution in [0.5, 0.6) is 0 Å². The molecule has 0 saturated carbocycles. The molecule has 1 fully saturated rings. The zero-order valence-corrected chi connectivity index (χ0v) is 18.7. The van der Waals surface area contributed by atoms with E-state index in [2.05, 4.69) is 84.9 Å². The van der Waals surface area contributed by atoms with Crippen LogP contribution in [0.3, 0.4) is 0 Å². The average Bonchev–Trinajstić information content (AvgIpc) is 2.78. The molecule has 2 aromatic rings. The van der Waals surface area contributed by atoms with Gasteiger partial charge in [0.25, 0.3) is 0 Å². The van der Waals surface area contributed by atoms with Crippen molar-refractivity contribution in [3.63, 3.8) is 0 Å². The number of carbonyl (C=O) groups excluding carboxylic acids is 1. The molecular formula is C25H34N2OS. The Balaban J connectivity index is 1.90. The number of benzene rings is 2. The molecule has 3 nitrogen and oxygen atoms in total. The van der Waals surface area contributed by atoms with Crippen LogP contribution in [0.1, 0.15) is 69.7 Å². The normalized spacial score (nSPS) is 22.2. The zero-order chi connectivity index (χ0) is 20.6. The predicted octanol–water partition coefficient (Wildman–Crippen LogP) is 6.15. The first-order chi connectivity index (χ1) is 14.2. The lowest BCUT2D eigenvalue weighted by Crippen LogP contribution is -2.52. The summed E-state index contributed by atoms with van der Waals surface area (Å²) < 4.78 is 0. The summed E-state index contributed by atoms with van der Waals surface area (Å²) in [4.78, 5) is 12.6. The number of hydrazine groups is 1. The van der Waals surface area contributed by atoms with Gasteiger partial charge in [0.2, 0.25) is 0 Å². The molecule has 0 amide bonds. The number of piperidine rings is 1. The Morgan fingerprint density at radius 3 is 1.97 bits per heavy atom. The van der Waals surface area contributed by atoms with Gasteiger partial charge in [-0.1, -0.05) is 93.2 Å². The third-order valence-electron chi connectivity index (χ3n) is 6.01. The highest BCUT2D eigenvalue weighted by Gasteiger charge is 2.35. The van der Waals surface area contributed by atoms with Crippen LogP contribution in [0, 0.1) is 5.92 Å². The summed E-state index contributed by atoms with van der Waals surface area (Å²) in [5.74, 6) is 0.822. The number of carbonyl (C=O) groups is 1. The first-order valence-electron chi connectivity index (χ1n) is 11.0. The lowest BCUT2D eigenvalue weighted by Gasteiger charge is -2.45. The van der Waals surface area contributed by atoms with E-state index >= 15 is 0 Å². The molecule has 0 spiro atoms. The second-order valence-electron chi connectivity index (χ2n) is 7.88. The van der Waals surface area contributed by atoms with Crippen molar-refractivity contribution in [2.75, 3.05) is 5.75 Å². The number of thioether (sulfide) groups is 1. The Kier molecular flexibility index (Phi) is 8.34. The Labute approximate surface area is 180 Å². The van der Waals surface area contributed by atoms with E-state index < -0.39 is 0 Å². The molecule has 0 radical (unpaired) electrons. The van der Waals surface area contributed by atoms with E-state index in [4.69, 9.17) is 0 Å². The third-order valence-corrected chi connectivity index (χ3v) is 6.96. The highest BCUT2D eigenvalue weighted by atomic mass is 32.2. The number of rotatable bonds is 8. The van der Waals surface area contributed by atoms with Crippen molar-refractivity contribution in [1.29, 1.82) is 0 Å². The minimum absolute atomic E-state index is 0.0141. The molecule has 4 atom stereocenters. The van der Waals surface area contributed by atoms with E-state index in [1.807, 2.05) is 6.92 Å². The Morgan fingerprint density at radius 2 is 1.52 bits per heavy atom. The zero-order valence-electron chi connectivity index (χ0n) is 17.9. The quantitative estimate of drug-likeness (QED) is 0.565. The van der Waals surface area contributed by atoms with Crippen LogP contribution in [0.2, 0.25) is 0 Å². The van der Waals surface area contributed by atoms with Gasteiger partial charge in [0, 0.05) is 24.0 Å². The molecular weight excluding hydrogens is 376 g/mol. The van der Waals surface area contributed by atoms with Crippen LogP contribution in [0.4, 0.5) is 0 Å². The number of nitrogens with zero attached hydrogens (tertiary/aromatic N) is 1. The lowest BCUT2D eigenvalue weighted by molar-refractivity contribution is -0.115. The van der Waals surface area contributed by atoms with Crippen LogP contribution in [0.25, 0.3) is 0 Å². The largest absolute Gasteiger partial charge is 0.287 e. The molecule has 1 aliphatic heterocycles. The summed E-state index contributed by atoms with van der Waals surface area (Å²) in [7, 11) is 0. The highest BCUT2D eigenvalue weighted by molar-refractivity contribution is 8.13. The van der Waals surface area contributed by atoms with Gasteiger partial charge in [0.1, 0.15) is 0 Å². The fraction of sp³-hybridized carbons (Fsp3) is 0.480. The van der Waals surface area contributed by atoms with Gasteiger partial charge in [0.05, 0.1) is 0 Å². The third kappa shape index (κ3) is 5.50. The van der Waals surface area contributed by atoms with Gasteiger partial charge in [-0.3, -0.25) is 10.2 Å².